The van der Waals surface area contributed by atoms with Gasteiger partial charge in [0.05, 0.1) is 10.0 Å². The lowest BCUT2D eigenvalue weighted by atomic mass is 10.1. The van der Waals surface area contributed by atoms with Gasteiger partial charge in [0.1, 0.15) is 0 Å². The molecule has 0 bridgehead atoms. The number of rotatable bonds is 3. The zero-order valence-electron chi connectivity index (χ0n) is 7.77. The Morgan fingerprint density at radius 3 is 2.62 bits per heavy atom. The van der Waals surface area contributed by atoms with E-state index in [1.807, 2.05) is 19.2 Å². The summed E-state index contributed by atoms with van der Waals surface area (Å²) in [5, 5.41) is 4.47. The van der Waals surface area contributed by atoms with E-state index in [9.17, 15) is 0 Å². The second kappa shape index (κ2) is 4.85. The first-order valence-electron chi connectivity index (χ1n) is 4.31. The molecule has 0 aliphatic heterocycles. The molecule has 13 heavy (non-hydrogen) atoms. The first kappa shape index (κ1) is 10.8. The topological polar surface area (TPSA) is 12.0 Å². The number of hydrogen-bond acceptors (Lipinski definition) is 1. The molecule has 0 aliphatic carbocycles. The Balaban J connectivity index is 3.05. The van der Waals surface area contributed by atoms with Crippen molar-refractivity contribution in [2.75, 3.05) is 7.05 Å². The highest BCUT2D eigenvalue weighted by Crippen LogP contribution is 2.30. The van der Waals surface area contributed by atoms with Crippen LogP contribution in [0.2, 0.25) is 10.0 Å². The van der Waals surface area contributed by atoms with E-state index in [2.05, 4.69) is 12.2 Å². The monoisotopic (exact) mass is 217 g/mol. The van der Waals surface area contributed by atoms with Gasteiger partial charge < -0.3 is 5.32 Å². The van der Waals surface area contributed by atoms with E-state index in [-0.39, 0.29) is 6.04 Å². The number of hydrogen-bond donors (Lipinski definition) is 1. The summed E-state index contributed by atoms with van der Waals surface area (Å²) in [5.41, 5.74) is 1.07. The Labute approximate surface area is 89.0 Å². The van der Waals surface area contributed by atoms with Crippen molar-refractivity contribution < 1.29 is 0 Å². The van der Waals surface area contributed by atoms with Gasteiger partial charge >= 0.3 is 0 Å². The molecular formula is C10H13Cl2N. The first-order chi connectivity index (χ1) is 6.20. The van der Waals surface area contributed by atoms with Crippen molar-refractivity contribution in [1.82, 2.24) is 5.32 Å². The van der Waals surface area contributed by atoms with E-state index in [0.29, 0.717) is 10.0 Å². The lowest BCUT2D eigenvalue weighted by Gasteiger charge is -2.16. The van der Waals surface area contributed by atoms with E-state index < -0.39 is 0 Å². The molecule has 1 rings (SSSR count). The predicted octanol–water partition coefficient (Wildman–Crippen LogP) is 3.66. The lowest BCUT2D eigenvalue weighted by Crippen LogP contribution is -2.15. The average molecular weight is 218 g/mol. The summed E-state index contributed by atoms with van der Waals surface area (Å²) in [6.45, 7) is 2.11. The minimum atomic E-state index is 0.284. The van der Waals surface area contributed by atoms with Crippen molar-refractivity contribution in [1.29, 1.82) is 0 Å². The van der Waals surface area contributed by atoms with Crippen molar-refractivity contribution >= 4 is 23.2 Å². The summed E-state index contributed by atoms with van der Waals surface area (Å²) in [5.74, 6) is 0. The fourth-order valence-electron chi connectivity index (χ4n) is 1.37. The van der Waals surface area contributed by atoms with Gasteiger partial charge in [0.2, 0.25) is 0 Å². The Morgan fingerprint density at radius 1 is 1.38 bits per heavy atom. The third-order valence-corrected chi connectivity index (χ3v) is 2.95. The Morgan fingerprint density at radius 2 is 2.08 bits per heavy atom. The maximum absolute atomic E-state index is 6.07. The number of benzene rings is 1. The minimum absolute atomic E-state index is 0.284. The molecule has 0 aromatic heterocycles. The molecule has 0 heterocycles. The van der Waals surface area contributed by atoms with Crippen LogP contribution in [0, 0.1) is 0 Å². The van der Waals surface area contributed by atoms with Gasteiger partial charge in [-0.05, 0) is 25.1 Å². The van der Waals surface area contributed by atoms with Gasteiger partial charge in [-0.3, -0.25) is 0 Å². The second-order valence-electron chi connectivity index (χ2n) is 2.89. The van der Waals surface area contributed by atoms with Gasteiger partial charge in [-0.25, -0.2) is 0 Å². The molecule has 1 atom stereocenters. The smallest absolute Gasteiger partial charge is 0.0640 e. The molecule has 1 aromatic rings. The van der Waals surface area contributed by atoms with E-state index in [1.54, 1.807) is 6.07 Å². The van der Waals surface area contributed by atoms with Crippen LogP contribution in [-0.4, -0.2) is 7.05 Å². The normalized spacial score (nSPS) is 12.9. The third-order valence-electron chi connectivity index (χ3n) is 2.11. The fourth-order valence-corrected chi connectivity index (χ4v) is 1.81. The van der Waals surface area contributed by atoms with Gasteiger partial charge in [-0.2, -0.15) is 0 Å². The summed E-state index contributed by atoms with van der Waals surface area (Å²) in [6.07, 6.45) is 0.997. The number of nitrogens with one attached hydrogen (secondary N) is 1. The predicted molar refractivity (Wildman–Crippen MR) is 58.6 cm³/mol. The van der Waals surface area contributed by atoms with Gasteiger partial charge in [-0.1, -0.05) is 42.3 Å². The molecule has 1 N–H and O–H groups in total. The fraction of sp³-hybridized carbons (Fsp3) is 0.400. The second-order valence-corrected chi connectivity index (χ2v) is 3.68. The van der Waals surface area contributed by atoms with Crippen LogP contribution in [0.3, 0.4) is 0 Å². The van der Waals surface area contributed by atoms with Crippen LogP contribution in [0.4, 0.5) is 0 Å². The Bertz CT molecular complexity index is 282. The van der Waals surface area contributed by atoms with Crippen LogP contribution in [0.1, 0.15) is 24.9 Å². The van der Waals surface area contributed by atoms with Gasteiger partial charge in [0.25, 0.3) is 0 Å². The zero-order valence-corrected chi connectivity index (χ0v) is 9.28. The molecule has 0 fully saturated rings. The van der Waals surface area contributed by atoms with E-state index >= 15 is 0 Å². The van der Waals surface area contributed by atoms with Crippen molar-refractivity contribution in [3.63, 3.8) is 0 Å². The quantitative estimate of drug-likeness (QED) is 0.816. The maximum atomic E-state index is 6.07. The van der Waals surface area contributed by atoms with Gasteiger partial charge in [0.15, 0.2) is 0 Å². The lowest BCUT2D eigenvalue weighted by molar-refractivity contribution is 0.577. The highest BCUT2D eigenvalue weighted by Gasteiger charge is 2.11. The van der Waals surface area contributed by atoms with E-state index in [0.717, 1.165) is 12.0 Å². The standard InChI is InChI=1S/C10H13Cl2N/c1-3-9(13-2)7-5-4-6-8(11)10(7)12/h4-6,9,13H,3H2,1-2H3. The van der Waals surface area contributed by atoms with E-state index in [4.69, 9.17) is 23.2 Å². The van der Waals surface area contributed by atoms with Crippen LogP contribution < -0.4 is 5.32 Å². The summed E-state index contributed by atoms with van der Waals surface area (Å²) in [7, 11) is 1.92. The van der Waals surface area contributed by atoms with Gasteiger partial charge in [0, 0.05) is 6.04 Å². The summed E-state index contributed by atoms with van der Waals surface area (Å²) >= 11 is 12.0. The van der Waals surface area contributed by atoms with Crippen molar-refractivity contribution in [2.24, 2.45) is 0 Å². The zero-order chi connectivity index (χ0) is 9.84. The largest absolute Gasteiger partial charge is 0.313 e. The minimum Gasteiger partial charge on any atom is -0.313 e. The van der Waals surface area contributed by atoms with Crippen LogP contribution in [-0.2, 0) is 0 Å². The molecule has 0 saturated heterocycles. The van der Waals surface area contributed by atoms with Crippen LogP contribution in [0.15, 0.2) is 18.2 Å². The molecule has 0 spiro atoms. The van der Waals surface area contributed by atoms with E-state index in [1.165, 1.54) is 0 Å². The van der Waals surface area contributed by atoms with Gasteiger partial charge in [-0.15, -0.1) is 0 Å². The summed E-state index contributed by atoms with van der Waals surface area (Å²) < 4.78 is 0. The summed E-state index contributed by atoms with van der Waals surface area (Å²) in [6, 6.07) is 6.00. The molecule has 0 radical (unpaired) electrons. The van der Waals surface area contributed by atoms with Crippen molar-refractivity contribution in [3.8, 4) is 0 Å². The van der Waals surface area contributed by atoms with Crippen molar-refractivity contribution in [3.05, 3.63) is 33.8 Å². The van der Waals surface area contributed by atoms with Crippen LogP contribution >= 0.6 is 23.2 Å². The first-order valence-corrected chi connectivity index (χ1v) is 5.07. The molecule has 1 aromatic carbocycles. The highest BCUT2D eigenvalue weighted by atomic mass is 35.5. The third kappa shape index (κ3) is 2.37. The molecule has 72 valence electrons. The van der Waals surface area contributed by atoms with Crippen molar-refractivity contribution in [2.45, 2.75) is 19.4 Å². The molecule has 0 amide bonds. The molecule has 1 unspecified atom stereocenters. The Kier molecular flexibility index (Phi) is 4.04. The average Bonchev–Trinajstić information content (AvgIpc) is 2.14. The summed E-state index contributed by atoms with van der Waals surface area (Å²) in [4.78, 5) is 0. The molecule has 1 nitrogen and oxygen atoms in total. The SMILES string of the molecule is CCC(NC)c1cccc(Cl)c1Cl. The highest BCUT2D eigenvalue weighted by molar-refractivity contribution is 6.42. The molecule has 0 aliphatic rings. The maximum Gasteiger partial charge on any atom is 0.0640 e. The Hall–Kier alpha value is -0.240. The van der Waals surface area contributed by atoms with Crippen LogP contribution in [0.25, 0.3) is 0 Å². The van der Waals surface area contributed by atoms with Crippen LogP contribution in [0.5, 0.6) is 0 Å². The molecular weight excluding hydrogens is 205 g/mol. The number of halogens is 2. The molecule has 3 heteroatoms. The molecule has 0 saturated carbocycles.